The highest BCUT2D eigenvalue weighted by Gasteiger charge is 2.16. The Morgan fingerprint density at radius 3 is 2.38 bits per heavy atom. The van der Waals surface area contributed by atoms with E-state index < -0.39 is 0 Å². The highest BCUT2D eigenvalue weighted by Crippen LogP contribution is 2.31. The van der Waals surface area contributed by atoms with E-state index in [4.69, 9.17) is 0 Å². The van der Waals surface area contributed by atoms with Gasteiger partial charge in [0, 0.05) is 15.0 Å². The fourth-order valence-corrected chi connectivity index (χ4v) is 3.42. The molecule has 0 amide bonds. The summed E-state index contributed by atoms with van der Waals surface area (Å²) in [5, 5.41) is 3.50. The Morgan fingerprint density at radius 1 is 1.10 bits per heavy atom. The van der Waals surface area contributed by atoms with Crippen molar-refractivity contribution in [3.63, 3.8) is 0 Å². The van der Waals surface area contributed by atoms with Crippen LogP contribution in [0.3, 0.4) is 0 Å². The van der Waals surface area contributed by atoms with Crippen LogP contribution in [-0.2, 0) is 6.42 Å². The van der Waals surface area contributed by atoms with Gasteiger partial charge < -0.3 is 5.32 Å². The normalized spacial score (nSPS) is 12.4. The van der Waals surface area contributed by atoms with Crippen molar-refractivity contribution in [1.29, 1.82) is 0 Å². The summed E-state index contributed by atoms with van der Waals surface area (Å²) in [5.74, 6) is -0.196. The predicted molar refractivity (Wildman–Crippen MR) is 93.1 cm³/mol. The fourth-order valence-electron chi connectivity index (χ4n) is 2.32. The Bertz CT molecular complexity index is 611. The molecule has 21 heavy (non-hydrogen) atoms. The van der Waals surface area contributed by atoms with Gasteiger partial charge in [-0.3, -0.25) is 0 Å². The molecule has 0 bridgehead atoms. The average molecular weight is 415 g/mol. The summed E-state index contributed by atoms with van der Waals surface area (Å²) >= 11 is 7.25. The quantitative estimate of drug-likeness (QED) is 0.675. The third-order valence-corrected chi connectivity index (χ3v) is 5.00. The van der Waals surface area contributed by atoms with Crippen molar-refractivity contribution in [3.05, 3.63) is 67.9 Å². The van der Waals surface area contributed by atoms with Gasteiger partial charge in [0.25, 0.3) is 0 Å². The van der Waals surface area contributed by atoms with Crippen LogP contribution in [0.25, 0.3) is 0 Å². The monoisotopic (exact) mass is 413 g/mol. The van der Waals surface area contributed by atoms with Crippen LogP contribution in [0.5, 0.6) is 0 Å². The maximum atomic E-state index is 13.0. The topological polar surface area (TPSA) is 12.0 Å². The average Bonchev–Trinajstić information content (AvgIpc) is 2.45. The molecule has 0 aliphatic carbocycles. The molecule has 2 aromatic carbocycles. The minimum absolute atomic E-state index is 0.187. The van der Waals surface area contributed by atoms with Crippen LogP contribution in [0.15, 0.2) is 45.3 Å². The van der Waals surface area contributed by atoms with E-state index in [1.54, 1.807) is 0 Å². The largest absolute Gasteiger partial charge is 0.310 e. The Labute approximate surface area is 142 Å². The molecule has 1 nitrogen and oxygen atoms in total. The lowest BCUT2D eigenvalue weighted by atomic mass is 9.98. The molecule has 0 spiro atoms. The van der Waals surface area contributed by atoms with Gasteiger partial charge in [0.1, 0.15) is 5.82 Å². The summed E-state index contributed by atoms with van der Waals surface area (Å²) in [5.41, 5.74) is 3.52. The van der Waals surface area contributed by atoms with E-state index >= 15 is 0 Å². The van der Waals surface area contributed by atoms with E-state index in [2.05, 4.69) is 63.2 Å². The minimum atomic E-state index is -0.196. The zero-order valence-corrected chi connectivity index (χ0v) is 15.3. The number of likely N-dealkylation sites (N-methyl/N-ethyl adjacent to an activating group) is 1. The molecule has 4 heteroatoms. The summed E-state index contributed by atoms with van der Waals surface area (Å²) < 4.78 is 15.2. The number of rotatable bonds is 5. The van der Waals surface area contributed by atoms with Gasteiger partial charge in [0.2, 0.25) is 0 Å². The Morgan fingerprint density at radius 2 is 1.76 bits per heavy atom. The highest BCUT2D eigenvalue weighted by molar-refractivity contribution is 9.11. The van der Waals surface area contributed by atoms with Gasteiger partial charge in [-0.15, -0.1) is 0 Å². The summed E-state index contributed by atoms with van der Waals surface area (Å²) in [4.78, 5) is 0. The van der Waals surface area contributed by atoms with Gasteiger partial charge in [-0.1, -0.05) is 50.9 Å². The smallest absolute Gasteiger partial charge is 0.123 e. The second-order valence-corrected chi connectivity index (χ2v) is 6.77. The third-order valence-electron chi connectivity index (χ3n) is 3.46. The number of nitrogens with one attached hydrogen (secondary N) is 1. The molecule has 0 heterocycles. The molecule has 0 aliphatic rings. The van der Waals surface area contributed by atoms with Crippen LogP contribution in [0.2, 0.25) is 0 Å². The molecule has 2 rings (SSSR count). The molecule has 1 unspecified atom stereocenters. The van der Waals surface area contributed by atoms with Gasteiger partial charge >= 0.3 is 0 Å². The molecular formula is C17H18Br2FN. The van der Waals surface area contributed by atoms with E-state index in [-0.39, 0.29) is 11.9 Å². The first-order chi connectivity index (χ1) is 10.0. The van der Waals surface area contributed by atoms with Gasteiger partial charge in [-0.05, 0) is 60.8 Å². The molecule has 0 saturated heterocycles. The molecule has 1 atom stereocenters. The van der Waals surface area contributed by atoms with Crippen molar-refractivity contribution in [1.82, 2.24) is 5.32 Å². The zero-order valence-electron chi connectivity index (χ0n) is 12.1. The standard InChI is InChI=1S/C17H18Br2FN/c1-3-21-17(9-12-4-6-13(20)7-5-12)14-10-15(18)11(2)8-16(14)19/h4-8,10,17,21H,3,9H2,1-2H3. The van der Waals surface area contributed by atoms with Crippen LogP contribution in [0.1, 0.15) is 29.7 Å². The molecule has 0 aromatic heterocycles. The van der Waals surface area contributed by atoms with Crippen LogP contribution in [0.4, 0.5) is 4.39 Å². The van der Waals surface area contributed by atoms with Crippen molar-refractivity contribution in [2.75, 3.05) is 6.54 Å². The van der Waals surface area contributed by atoms with E-state index in [0.717, 1.165) is 27.5 Å². The number of hydrogen-bond acceptors (Lipinski definition) is 1. The summed E-state index contributed by atoms with van der Waals surface area (Å²) in [7, 11) is 0. The Balaban J connectivity index is 2.30. The van der Waals surface area contributed by atoms with Crippen LogP contribution < -0.4 is 5.32 Å². The first kappa shape index (κ1) is 16.7. The van der Waals surface area contributed by atoms with Crippen molar-refractivity contribution in [2.45, 2.75) is 26.3 Å². The van der Waals surface area contributed by atoms with Crippen molar-refractivity contribution in [3.8, 4) is 0 Å². The van der Waals surface area contributed by atoms with E-state index in [1.807, 2.05) is 12.1 Å². The number of hydrogen-bond donors (Lipinski definition) is 1. The Kier molecular flexibility index (Phi) is 5.97. The first-order valence-corrected chi connectivity index (χ1v) is 8.53. The van der Waals surface area contributed by atoms with Crippen LogP contribution in [-0.4, -0.2) is 6.54 Å². The zero-order chi connectivity index (χ0) is 15.4. The SMILES string of the molecule is CCNC(Cc1ccc(F)cc1)c1cc(Br)c(C)cc1Br. The molecule has 2 aromatic rings. The van der Waals surface area contributed by atoms with Crippen molar-refractivity contribution >= 4 is 31.9 Å². The Hall–Kier alpha value is -0.710. The van der Waals surface area contributed by atoms with Crippen LogP contribution in [0, 0.1) is 12.7 Å². The van der Waals surface area contributed by atoms with Gasteiger partial charge in [0.15, 0.2) is 0 Å². The minimum Gasteiger partial charge on any atom is -0.310 e. The molecular weight excluding hydrogens is 397 g/mol. The molecule has 0 fully saturated rings. The van der Waals surface area contributed by atoms with Gasteiger partial charge in [0.05, 0.1) is 0 Å². The molecule has 0 saturated carbocycles. The van der Waals surface area contributed by atoms with Gasteiger partial charge in [-0.25, -0.2) is 4.39 Å². The lowest BCUT2D eigenvalue weighted by Gasteiger charge is -2.21. The number of aryl methyl sites for hydroxylation is 1. The lowest BCUT2D eigenvalue weighted by molar-refractivity contribution is 0.546. The molecule has 1 N–H and O–H groups in total. The summed E-state index contributed by atoms with van der Waals surface area (Å²) in [6, 6.07) is 11.2. The highest BCUT2D eigenvalue weighted by atomic mass is 79.9. The number of halogens is 3. The fraction of sp³-hybridized carbons (Fsp3) is 0.294. The van der Waals surface area contributed by atoms with E-state index in [1.165, 1.54) is 23.3 Å². The number of benzene rings is 2. The maximum absolute atomic E-state index is 13.0. The van der Waals surface area contributed by atoms with Crippen molar-refractivity contribution in [2.24, 2.45) is 0 Å². The third kappa shape index (κ3) is 4.38. The maximum Gasteiger partial charge on any atom is 0.123 e. The van der Waals surface area contributed by atoms with Crippen LogP contribution >= 0.6 is 31.9 Å². The second-order valence-electron chi connectivity index (χ2n) is 5.06. The van der Waals surface area contributed by atoms with E-state index in [0.29, 0.717) is 0 Å². The van der Waals surface area contributed by atoms with Crippen molar-refractivity contribution < 1.29 is 4.39 Å². The lowest BCUT2D eigenvalue weighted by Crippen LogP contribution is -2.23. The first-order valence-electron chi connectivity index (χ1n) is 6.94. The molecule has 112 valence electrons. The predicted octanol–water partition coefficient (Wildman–Crippen LogP) is 5.55. The summed E-state index contributed by atoms with van der Waals surface area (Å²) in [6.45, 7) is 5.04. The summed E-state index contributed by atoms with van der Waals surface area (Å²) in [6.07, 6.45) is 0.822. The molecule has 0 radical (unpaired) electrons. The molecule has 0 aliphatic heterocycles. The second kappa shape index (κ2) is 7.52. The van der Waals surface area contributed by atoms with Gasteiger partial charge in [-0.2, -0.15) is 0 Å². The van der Waals surface area contributed by atoms with E-state index in [9.17, 15) is 4.39 Å².